The third-order valence-corrected chi connectivity index (χ3v) is 5.63. The number of para-hydroxylation sites is 2. The van der Waals surface area contributed by atoms with Crippen molar-refractivity contribution in [3.8, 4) is 0 Å². The molecule has 0 spiro atoms. The Bertz CT molecular complexity index is 1010. The molecule has 0 aliphatic carbocycles. The average Bonchev–Trinajstić information content (AvgIpc) is 3.03. The lowest BCUT2D eigenvalue weighted by Gasteiger charge is -2.09. The molecule has 3 rings (SSSR count). The number of hydrogen-bond acceptors (Lipinski definition) is 4. The molecule has 27 heavy (non-hydrogen) atoms. The summed E-state index contributed by atoms with van der Waals surface area (Å²) in [5.41, 5.74) is 2.64. The van der Waals surface area contributed by atoms with E-state index >= 15 is 0 Å². The summed E-state index contributed by atoms with van der Waals surface area (Å²) in [6, 6.07) is 14.2. The highest BCUT2D eigenvalue weighted by atomic mass is 32.2. The fraction of sp³-hybridized carbons (Fsp3) is 0.263. The number of nitrogens with one attached hydrogen (secondary N) is 3. The maximum absolute atomic E-state index is 12.3. The van der Waals surface area contributed by atoms with Crippen LogP contribution in [0.15, 0.2) is 53.4 Å². The smallest absolute Gasteiger partial charge is 0.240 e. The zero-order valence-electron chi connectivity index (χ0n) is 15.2. The molecule has 2 aromatic carbocycles. The van der Waals surface area contributed by atoms with Gasteiger partial charge in [-0.3, -0.25) is 10.1 Å². The van der Waals surface area contributed by atoms with Gasteiger partial charge < -0.3 is 4.98 Å². The maximum atomic E-state index is 12.3. The van der Waals surface area contributed by atoms with Gasteiger partial charge in [0.15, 0.2) is 0 Å². The van der Waals surface area contributed by atoms with E-state index in [0.29, 0.717) is 11.9 Å². The summed E-state index contributed by atoms with van der Waals surface area (Å²) in [6.07, 6.45) is 0.000350. The zero-order chi connectivity index (χ0) is 19.4. The summed E-state index contributed by atoms with van der Waals surface area (Å²) in [6.45, 7) is 4.09. The molecule has 0 unspecified atom stereocenters. The second kappa shape index (κ2) is 7.89. The van der Waals surface area contributed by atoms with Gasteiger partial charge in [-0.1, -0.05) is 38.1 Å². The van der Waals surface area contributed by atoms with Gasteiger partial charge in [0.25, 0.3) is 0 Å². The highest BCUT2D eigenvalue weighted by Crippen LogP contribution is 2.17. The van der Waals surface area contributed by atoms with Crippen molar-refractivity contribution in [3.05, 3.63) is 54.1 Å². The molecular formula is C19H22N4O3S. The van der Waals surface area contributed by atoms with Crippen LogP contribution in [0.5, 0.6) is 0 Å². The molecule has 1 heterocycles. The van der Waals surface area contributed by atoms with E-state index in [0.717, 1.165) is 16.6 Å². The van der Waals surface area contributed by atoms with E-state index < -0.39 is 10.0 Å². The number of sulfonamides is 1. The van der Waals surface area contributed by atoms with Gasteiger partial charge in [0.05, 0.1) is 15.9 Å². The van der Waals surface area contributed by atoms with Crippen molar-refractivity contribution in [1.29, 1.82) is 0 Å². The predicted molar refractivity (Wildman–Crippen MR) is 105 cm³/mol. The first kappa shape index (κ1) is 19.1. The van der Waals surface area contributed by atoms with E-state index in [9.17, 15) is 13.2 Å². The van der Waals surface area contributed by atoms with Gasteiger partial charge >= 0.3 is 0 Å². The number of anilines is 1. The molecule has 0 saturated heterocycles. The number of rotatable bonds is 7. The number of hydrogen-bond donors (Lipinski definition) is 3. The van der Waals surface area contributed by atoms with Crippen LogP contribution < -0.4 is 10.0 Å². The first-order valence-corrected chi connectivity index (χ1v) is 10.2. The predicted octanol–water partition coefficient (Wildman–Crippen LogP) is 2.99. The molecule has 3 aromatic rings. The van der Waals surface area contributed by atoms with Gasteiger partial charge in [0, 0.05) is 13.0 Å². The topological polar surface area (TPSA) is 104 Å². The Kier molecular flexibility index (Phi) is 5.57. The lowest BCUT2D eigenvalue weighted by Crippen LogP contribution is -2.28. The molecule has 0 bridgehead atoms. The Morgan fingerprint density at radius 2 is 1.81 bits per heavy atom. The lowest BCUT2D eigenvalue weighted by atomic mass is 10.0. The van der Waals surface area contributed by atoms with Gasteiger partial charge in [-0.2, -0.15) is 0 Å². The fourth-order valence-corrected chi connectivity index (χ4v) is 3.65. The maximum Gasteiger partial charge on any atom is 0.240 e. The molecular weight excluding hydrogens is 364 g/mol. The quantitative estimate of drug-likeness (QED) is 0.581. The number of carbonyl (C=O) groups is 1. The summed E-state index contributed by atoms with van der Waals surface area (Å²) in [5.74, 6) is 0.344. The number of aromatic nitrogens is 2. The van der Waals surface area contributed by atoms with E-state index in [1.807, 2.05) is 38.1 Å². The van der Waals surface area contributed by atoms with Crippen molar-refractivity contribution >= 4 is 32.9 Å². The third-order valence-electron chi connectivity index (χ3n) is 4.15. The normalized spacial score (nSPS) is 11.8. The van der Waals surface area contributed by atoms with Crippen LogP contribution in [0.1, 0.15) is 31.7 Å². The number of imidazole rings is 1. The van der Waals surface area contributed by atoms with Crippen LogP contribution >= 0.6 is 0 Å². The Balaban J connectivity index is 1.54. The summed E-state index contributed by atoms with van der Waals surface area (Å²) in [5, 5.41) is 2.64. The van der Waals surface area contributed by atoms with Gasteiger partial charge in [0.2, 0.25) is 21.9 Å². The number of amides is 1. The molecule has 7 nitrogen and oxygen atoms in total. The van der Waals surface area contributed by atoms with E-state index in [4.69, 9.17) is 0 Å². The highest BCUT2D eigenvalue weighted by Gasteiger charge is 2.15. The summed E-state index contributed by atoms with van der Waals surface area (Å²) in [7, 11) is -3.65. The largest absolute Gasteiger partial charge is 0.324 e. The van der Waals surface area contributed by atoms with Crippen molar-refractivity contribution in [1.82, 2.24) is 14.7 Å². The van der Waals surface area contributed by atoms with E-state index in [2.05, 4.69) is 20.0 Å². The molecule has 0 aliphatic heterocycles. The van der Waals surface area contributed by atoms with Gasteiger partial charge in [-0.15, -0.1) is 0 Å². The van der Waals surface area contributed by atoms with E-state index in [1.54, 1.807) is 24.3 Å². The molecule has 1 amide bonds. The Labute approximate surface area is 158 Å². The average molecular weight is 386 g/mol. The Hall–Kier alpha value is -2.71. The van der Waals surface area contributed by atoms with Crippen LogP contribution in [0.25, 0.3) is 11.0 Å². The van der Waals surface area contributed by atoms with E-state index in [-0.39, 0.29) is 23.8 Å². The summed E-state index contributed by atoms with van der Waals surface area (Å²) >= 11 is 0. The number of carbonyl (C=O) groups excluding carboxylic acids is 1. The minimum absolute atomic E-state index is 0.000324. The van der Waals surface area contributed by atoms with Crippen LogP contribution in [0, 0.1) is 0 Å². The number of benzene rings is 2. The number of fused-ring (bicyclic) bond motifs is 1. The molecule has 3 N–H and O–H groups in total. The minimum Gasteiger partial charge on any atom is -0.324 e. The zero-order valence-corrected chi connectivity index (χ0v) is 16.0. The summed E-state index contributed by atoms with van der Waals surface area (Å²) in [4.78, 5) is 19.5. The van der Waals surface area contributed by atoms with Crippen molar-refractivity contribution in [2.75, 3.05) is 11.9 Å². The van der Waals surface area contributed by atoms with E-state index in [1.165, 1.54) is 0 Å². The lowest BCUT2D eigenvalue weighted by molar-refractivity contribution is -0.116. The number of aromatic amines is 1. The van der Waals surface area contributed by atoms with Gasteiger partial charge in [-0.05, 0) is 35.7 Å². The van der Waals surface area contributed by atoms with Crippen molar-refractivity contribution in [3.63, 3.8) is 0 Å². The number of H-pyrrole nitrogens is 1. The second-order valence-corrected chi connectivity index (χ2v) is 8.29. The molecule has 0 radical (unpaired) electrons. The molecule has 142 valence electrons. The van der Waals surface area contributed by atoms with Crippen LogP contribution in [-0.2, 0) is 14.8 Å². The first-order chi connectivity index (χ1) is 12.8. The molecule has 1 aromatic heterocycles. The summed E-state index contributed by atoms with van der Waals surface area (Å²) < 4.78 is 27.1. The molecule has 0 aliphatic rings. The Morgan fingerprint density at radius 3 is 2.48 bits per heavy atom. The second-order valence-electron chi connectivity index (χ2n) is 6.52. The van der Waals surface area contributed by atoms with Crippen LogP contribution in [0.4, 0.5) is 5.95 Å². The van der Waals surface area contributed by atoms with Crippen LogP contribution in [-0.4, -0.2) is 30.8 Å². The van der Waals surface area contributed by atoms with Crippen LogP contribution in [0.3, 0.4) is 0 Å². The molecule has 0 saturated carbocycles. The van der Waals surface area contributed by atoms with Crippen molar-refractivity contribution in [2.24, 2.45) is 0 Å². The molecule has 8 heteroatoms. The third kappa shape index (κ3) is 4.72. The SMILES string of the molecule is CC(C)c1ccc(S(=O)(=O)NCCC(=O)Nc2nc3ccccc3[nH]2)cc1. The number of nitrogens with zero attached hydrogens (tertiary/aromatic N) is 1. The standard InChI is InChI=1S/C19H22N4O3S/c1-13(2)14-7-9-15(10-8-14)27(25,26)20-12-11-18(24)23-19-21-16-5-3-4-6-17(16)22-19/h3-10,13,20H,11-12H2,1-2H3,(H2,21,22,23,24). The van der Waals surface area contributed by atoms with Crippen molar-refractivity contribution in [2.45, 2.75) is 31.1 Å². The Morgan fingerprint density at radius 1 is 1.11 bits per heavy atom. The van der Waals surface area contributed by atoms with Crippen LogP contribution in [0.2, 0.25) is 0 Å². The minimum atomic E-state index is -3.65. The monoisotopic (exact) mass is 386 g/mol. The van der Waals surface area contributed by atoms with Crippen molar-refractivity contribution < 1.29 is 13.2 Å². The first-order valence-electron chi connectivity index (χ1n) is 8.69. The highest BCUT2D eigenvalue weighted by molar-refractivity contribution is 7.89. The molecule has 0 fully saturated rings. The van der Waals surface area contributed by atoms with Gasteiger partial charge in [-0.25, -0.2) is 18.1 Å². The molecule has 0 atom stereocenters. The fourth-order valence-electron chi connectivity index (χ4n) is 2.62. The van der Waals surface area contributed by atoms with Gasteiger partial charge in [0.1, 0.15) is 0 Å².